The molecule has 1 amide bonds. The van der Waals surface area contributed by atoms with E-state index in [0.717, 1.165) is 19.3 Å². The van der Waals surface area contributed by atoms with Crippen molar-refractivity contribution in [2.45, 2.75) is 123 Å². The molecule has 0 saturated carbocycles. The number of amides is 1. The molecule has 1 aromatic carbocycles. The molecule has 2 aromatic rings. The molecule has 0 N–H and O–H groups in total. The summed E-state index contributed by atoms with van der Waals surface area (Å²) in [6, 6.07) is 4.18. The Morgan fingerprint density at radius 3 is 1.92 bits per heavy atom. The Morgan fingerprint density at radius 2 is 1.45 bits per heavy atom. The highest BCUT2D eigenvalue weighted by Gasteiger charge is 2.26. The zero-order chi connectivity index (χ0) is 27.8. The van der Waals surface area contributed by atoms with Gasteiger partial charge < -0.3 is 4.74 Å². The van der Waals surface area contributed by atoms with Gasteiger partial charge in [-0.2, -0.15) is 0 Å². The fourth-order valence-corrected chi connectivity index (χ4v) is 4.48. The van der Waals surface area contributed by atoms with Crippen LogP contribution in [0.5, 0.6) is 0 Å². The van der Waals surface area contributed by atoms with Crippen LogP contribution < -0.4 is 4.90 Å². The molecule has 7 heteroatoms. The third-order valence-corrected chi connectivity index (χ3v) is 6.57. The van der Waals surface area contributed by atoms with E-state index in [1.165, 1.54) is 117 Å². The Balaban J connectivity index is 1.80. The van der Waals surface area contributed by atoms with E-state index in [0.29, 0.717) is 6.54 Å². The number of nitrogens with zero attached hydrogens (tertiary/aromatic N) is 3. The van der Waals surface area contributed by atoms with Crippen molar-refractivity contribution in [1.82, 2.24) is 9.55 Å². The molecule has 0 bridgehead atoms. The van der Waals surface area contributed by atoms with Crippen LogP contribution in [0.1, 0.15) is 128 Å². The predicted molar refractivity (Wildman–Crippen MR) is 152 cm³/mol. The third kappa shape index (κ3) is 11.8. The Kier molecular flexibility index (Phi) is 14.1. The normalized spacial score (nSPS) is 11.5. The summed E-state index contributed by atoms with van der Waals surface area (Å²) >= 11 is 0. The van der Waals surface area contributed by atoms with Crippen molar-refractivity contribution in [2.24, 2.45) is 0 Å². The van der Waals surface area contributed by atoms with Crippen LogP contribution in [0, 0.1) is 5.82 Å². The Morgan fingerprint density at radius 1 is 0.895 bits per heavy atom. The first-order valence-corrected chi connectivity index (χ1v) is 14.6. The number of carbonyl (C=O) groups is 2. The van der Waals surface area contributed by atoms with Gasteiger partial charge in [0.2, 0.25) is 0 Å². The number of imidazole rings is 1. The van der Waals surface area contributed by atoms with Crippen molar-refractivity contribution >= 4 is 17.7 Å². The van der Waals surface area contributed by atoms with Crippen LogP contribution in [0.15, 0.2) is 36.9 Å². The molecule has 0 spiro atoms. The lowest BCUT2D eigenvalue weighted by Gasteiger charge is -2.28. The van der Waals surface area contributed by atoms with E-state index in [2.05, 4.69) is 11.9 Å². The zero-order valence-electron chi connectivity index (χ0n) is 24.0. The van der Waals surface area contributed by atoms with Crippen LogP contribution in [0.2, 0.25) is 0 Å². The van der Waals surface area contributed by atoms with E-state index in [4.69, 9.17) is 4.74 Å². The minimum Gasteiger partial charge on any atom is -0.443 e. The molecule has 0 saturated heterocycles. The average Bonchev–Trinajstić information content (AvgIpc) is 3.40. The monoisotopic (exact) mass is 529 g/mol. The Labute approximate surface area is 229 Å². The highest BCUT2D eigenvalue weighted by Crippen LogP contribution is 2.24. The van der Waals surface area contributed by atoms with Gasteiger partial charge in [0.05, 0.1) is 5.69 Å². The van der Waals surface area contributed by atoms with Crippen LogP contribution in [-0.4, -0.2) is 33.7 Å². The van der Waals surface area contributed by atoms with E-state index < -0.39 is 17.5 Å². The van der Waals surface area contributed by atoms with Crippen molar-refractivity contribution in [2.75, 3.05) is 11.4 Å². The quantitative estimate of drug-likeness (QED) is 0.192. The molecular weight excluding hydrogens is 481 g/mol. The maximum Gasteiger partial charge on any atom is 0.414 e. The van der Waals surface area contributed by atoms with Crippen molar-refractivity contribution in [3.63, 3.8) is 0 Å². The van der Waals surface area contributed by atoms with Gasteiger partial charge in [0.1, 0.15) is 17.7 Å². The summed E-state index contributed by atoms with van der Waals surface area (Å²) in [5, 5.41) is 0. The van der Waals surface area contributed by atoms with Crippen molar-refractivity contribution in [3.05, 3.63) is 48.3 Å². The standard InChI is InChI=1S/C31H48FN3O3/c1-5-6-7-8-9-10-11-12-13-14-15-16-17-18-22-35(30(37)38-31(2,3)4)28-20-19-26(24-27(28)32)29(36)34-23-21-33-25-34/h19-21,23-25H,5-18,22H2,1-4H3. The van der Waals surface area contributed by atoms with Gasteiger partial charge in [-0.3, -0.25) is 14.3 Å². The van der Waals surface area contributed by atoms with Gasteiger partial charge >= 0.3 is 6.09 Å². The number of hydrogen-bond donors (Lipinski definition) is 0. The number of rotatable bonds is 17. The maximum atomic E-state index is 15.1. The molecule has 0 aliphatic heterocycles. The molecule has 38 heavy (non-hydrogen) atoms. The van der Waals surface area contributed by atoms with Crippen LogP contribution in [0.4, 0.5) is 14.9 Å². The van der Waals surface area contributed by atoms with Crippen LogP contribution in [-0.2, 0) is 4.74 Å². The molecule has 1 aromatic heterocycles. The second kappa shape index (κ2) is 17.0. The number of benzene rings is 1. The summed E-state index contributed by atoms with van der Waals surface area (Å²) in [6.07, 6.45) is 21.1. The molecule has 2 rings (SSSR count). The third-order valence-electron chi connectivity index (χ3n) is 6.57. The SMILES string of the molecule is CCCCCCCCCCCCCCCCN(C(=O)OC(C)(C)C)c1ccc(C(=O)n2ccnc2)cc1F. The molecule has 212 valence electrons. The smallest absolute Gasteiger partial charge is 0.414 e. The van der Waals surface area contributed by atoms with E-state index in [9.17, 15) is 9.59 Å². The molecule has 0 aliphatic carbocycles. The molecule has 1 heterocycles. The fraction of sp³-hybridized carbons (Fsp3) is 0.645. The van der Waals surface area contributed by atoms with Crippen LogP contribution >= 0.6 is 0 Å². The van der Waals surface area contributed by atoms with E-state index in [1.54, 1.807) is 20.8 Å². The Hall–Kier alpha value is -2.70. The minimum absolute atomic E-state index is 0.121. The van der Waals surface area contributed by atoms with E-state index >= 15 is 4.39 Å². The number of hydrogen-bond acceptors (Lipinski definition) is 4. The second-order valence-electron chi connectivity index (χ2n) is 11.2. The van der Waals surface area contributed by atoms with E-state index in [1.807, 2.05) is 0 Å². The molecule has 0 aliphatic rings. The molecule has 0 radical (unpaired) electrons. The zero-order valence-corrected chi connectivity index (χ0v) is 24.0. The second-order valence-corrected chi connectivity index (χ2v) is 11.2. The summed E-state index contributed by atoms with van der Waals surface area (Å²) in [5.41, 5.74) is -0.389. The first-order valence-electron chi connectivity index (χ1n) is 14.6. The first-order chi connectivity index (χ1) is 18.2. The molecular formula is C31H48FN3O3. The number of aromatic nitrogens is 2. The van der Waals surface area contributed by atoms with Gasteiger partial charge in [-0.15, -0.1) is 0 Å². The average molecular weight is 530 g/mol. The summed E-state index contributed by atoms with van der Waals surface area (Å²) in [7, 11) is 0. The number of carbonyl (C=O) groups excluding carboxylic acids is 2. The van der Waals surface area contributed by atoms with Gasteiger partial charge in [0, 0.05) is 24.5 Å². The molecule has 6 nitrogen and oxygen atoms in total. The topological polar surface area (TPSA) is 64.4 Å². The maximum absolute atomic E-state index is 15.1. The molecule has 0 unspecified atom stereocenters. The number of halogens is 1. The highest BCUT2D eigenvalue weighted by molar-refractivity contribution is 5.97. The van der Waals surface area contributed by atoms with Gasteiger partial charge in [-0.25, -0.2) is 14.2 Å². The predicted octanol–water partition coefficient (Wildman–Crippen LogP) is 8.93. The minimum atomic E-state index is -0.696. The van der Waals surface area contributed by atoms with E-state index in [-0.39, 0.29) is 17.2 Å². The van der Waals surface area contributed by atoms with Gasteiger partial charge in [-0.05, 0) is 45.4 Å². The van der Waals surface area contributed by atoms with Crippen molar-refractivity contribution in [1.29, 1.82) is 0 Å². The lowest BCUT2D eigenvalue weighted by molar-refractivity contribution is 0.0578. The largest absolute Gasteiger partial charge is 0.443 e. The van der Waals surface area contributed by atoms with Crippen LogP contribution in [0.3, 0.4) is 0 Å². The number of ether oxygens (including phenoxy) is 1. The molecule has 0 fully saturated rings. The lowest BCUT2D eigenvalue weighted by Crippen LogP contribution is -2.38. The summed E-state index contributed by atoms with van der Waals surface area (Å²) in [5.74, 6) is -1.02. The first kappa shape index (κ1) is 31.5. The number of unbranched alkanes of at least 4 members (excludes halogenated alkanes) is 13. The molecule has 0 atom stereocenters. The van der Waals surface area contributed by atoms with Crippen molar-refractivity contribution in [3.8, 4) is 0 Å². The van der Waals surface area contributed by atoms with Gasteiger partial charge in [0.15, 0.2) is 0 Å². The number of anilines is 1. The fourth-order valence-electron chi connectivity index (χ4n) is 4.48. The summed E-state index contributed by atoms with van der Waals surface area (Å²) < 4.78 is 22.0. The summed E-state index contributed by atoms with van der Waals surface area (Å²) in [4.78, 5) is 30.7. The lowest BCUT2D eigenvalue weighted by atomic mass is 10.0. The summed E-state index contributed by atoms with van der Waals surface area (Å²) in [6.45, 7) is 7.99. The Bertz CT molecular complexity index is 954. The van der Waals surface area contributed by atoms with Gasteiger partial charge in [-0.1, -0.05) is 90.4 Å². The van der Waals surface area contributed by atoms with Gasteiger partial charge in [0.25, 0.3) is 5.91 Å². The highest BCUT2D eigenvalue weighted by atomic mass is 19.1. The van der Waals surface area contributed by atoms with Crippen molar-refractivity contribution < 1.29 is 18.7 Å². The van der Waals surface area contributed by atoms with Crippen LogP contribution in [0.25, 0.3) is 0 Å².